The van der Waals surface area contributed by atoms with Gasteiger partial charge in [-0.25, -0.2) is 14.2 Å². The van der Waals surface area contributed by atoms with Gasteiger partial charge in [0.05, 0.1) is 18.5 Å². The van der Waals surface area contributed by atoms with Crippen LogP contribution in [0.25, 0.3) is 0 Å². The molecule has 3 rings (SSSR count). The van der Waals surface area contributed by atoms with Crippen molar-refractivity contribution in [3.05, 3.63) is 53.6 Å². The summed E-state index contributed by atoms with van der Waals surface area (Å²) in [4.78, 5) is 32.9. The number of aromatic nitrogens is 1. The van der Waals surface area contributed by atoms with Crippen LogP contribution in [-0.2, 0) is 16.1 Å². The number of amides is 3. The average Bonchev–Trinajstić information content (AvgIpc) is 2.74. The molecule has 31 heavy (non-hydrogen) atoms. The highest BCUT2D eigenvalue weighted by Gasteiger charge is 2.33. The Hall–Kier alpha value is -3.04. The highest BCUT2D eigenvalue weighted by atomic mass is 19.1. The van der Waals surface area contributed by atoms with Gasteiger partial charge in [-0.05, 0) is 68.6 Å². The summed E-state index contributed by atoms with van der Waals surface area (Å²) in [5, 5.41) is 9.86. The van der Waals surface area contributed by atoms with Crippen molar-refractivity contribution in [2.45, 2.75) is 26.2 Å². The first kappa shape index (κ1) is 22.6. The Morgan fingerprint density at radius 3 is 2.81 bits per heavy atom. The average molecular weight is 429 g/mol. The zero-order chi connectivity index (χ0) is 22.3. The van der Waals surface area contributed by atoms with E-state index < -0.39 is 11.8 Å². The number of rotatable bonds is 8. The lowest BCUT2D eigenvalue weighted by atomic mass is 9.76. The van der Waals surface area contributed by atoms with Gasteiger partial charge in [0, 0.05) is 30.4 Å². The lowest BCUT2D eigenvalue weighted by Gasteiger charge is -2.38. The third kappa shape index (κ3) is 6.73. The second kappa shape index (κ2) is 10.3. The molecule has 0 bridgehead atoms. The van der Waals surface area contributed by atoms with Crippen molar-refractivity contribution in [3.63, 3.8) is 0 Å². The molecule has 2 heterocycles. The summed E-state index contributed by atoms with van der Waals surface area (Å²) in [5.41, 5.74) is 2.21. The van der Waals surface area contributed by atoms with Crippen molar-refractivity contribution < 1.29 is 18.8 Å². The molecule has 3 N–H and O–H groups in total. The molecule has 0 radical (unpaired) electrons. The SMILES string of the molecule is Cc1ccc(NC(=O)Nc2cc(F)cc(C[C@]3(CON(C)C=O)CCCNC3)c2)cn1. The Bertz CT molecular complexity index is 901. The minimum Gasteiger partial charge on any atom is -0.316 e. The van der Waals surface area contributed by atoms with E-state index >= 15 is 0 Å². The standard InChI is InChI=1S/C22H28FN5O3/c1-16-4-5-19(12-25-16)26-21(30)27-20-9-17(8-18(23)10-20)11-22(6-3-7-24-13-22)14-31-28(2)15-29/h4-5,8-10,12,15,24H,3,6-7,11,13-14H2,1-2H3,(H2,26,27,30)/t22-/m1/s1. The number of aryl methyl sites for hydroxylation is 1. The minimum atomic E-state index is -0.479. The number of nitrogens with zero attached hydrogens (tertiary/aromatic N) is 2. The fraction of sp³-hybridized carbons (Fsp3) is 0.409. The van der Waals surface area contributed by atoms with Crippen LogP contribution in [0.1, 0.15) is 24.1 Å². The van der Waals surface area contributed by atoms with Crippen molar-refractivity contribution >= 4 is 23.8 Å². The first-order valence-corrected chi connectivity index (χ1v) is 10.2. The minimum absolute atomic E-state index is 0.281. The number of hydrogen-bond donors (Lipinski definition) is 3. The first-order chi connectivity index (χ1) is 14.9. The van der Waals surface area contributed by atoms with Crippen LogP contribution in [0.5, 0.6) is 0 Å². The molecule has 1 aromatic carbocycles. The summed E-state index contributed by atoms with van der Waals surface area (Å²) in [6, 6.07) is 7.56. The van der Waals surface area contributed by atoms with Crippen LogP contribution in [-0.4, -0.2) is 49.2 Å². The third-order valence-corrected chi connectivity index (χ3v) is 5.25. The van der Waals surface area contributed by atoms with Gasteiger partial charge in [-0.2, -0.15) is 0 Å². The van der Waals surface area contributed by atoms with E-state index in [-0.39, 0.29) is 5.41 Å². The van der Waals surface area contributed by atoms with Crippen molar-refractivity contribution in [1.29, 1.82) is 0 Å². The van der Waals surface area contributed by atoms with Crippen LogP contribution in [0.4, 0.5) is 20.6 Å². The van der Waals surface area contributed by atoms with Crippen molar-refractivity contribution in [2.24, 2.45) is 5.41 Å². The molecule has 9 heteroatoms. The van der Waals surface area contributed by atoms with E-state index in [2.05, 4.69) is 20.9 Å². The van der Waals surface area contributed by atoms with Gasteiger partial charge >= 0.3 is 6.03 Å². The summed E-state index contributed by atoms with van der Waals surface area (Å²) >= 11 is 0. The summed E-state index contributed by atoms with van der Waals surface area (Å²) in [7, 11) is 1.54. The smallest absolute Gasteiger partial charge is 0.316 e. The lowest BCUT2D eigenvalue weighted by Crippen LogP contribution is -2.45. The normalized spacial score (nSPS) is 18.3. The van der Waals surface area contributed by atoms with Crippen LogP contribution >= 0.6 is 0 Å². The highest BCUT2D eigenvalue weighted by molar-refractivity contribution is 5.99. The molecule has 1 atom stereocenters. The van der Waals surface area contributed by atoms with Crippen molar-refractivity contribution in [1.82, 2.24) is 15.4 Å². The monoisotopic (exact) mass is 429 g/mol. The van der Waals surface area contributed by atoms with Crippen molar-refractivity contribution in [3.8, 4) is 0 Å². The molecule has 1 saturated heterocycles. The number of piperidine rings is 1. The molecular weight excluding hydrogens is 401 g/mol. The van der Waals surface area contributed by atoms with Gasteiger partial charge in [0.1, 0.15) is 5.82 Å². The third-order valence-electron chi connectivity index (χ3n) is 5.25. The number of halogens is 1. The molecule has 1 fully saturated rings. The van der Waals surface area contributed by atoms with Gasteiger partial charge in [0.25, 0.3) is 0 Å². The van der Waals surface area contributed by atoms with Gasteiger partial charge in [-0.15, -0.1) is 0 Å². The van der Waals surface area contributed by atoms with Gasteiger partial charge in [0.2, 0.25) is 6.41 Å². The molecule has 2 aromatic rings. The highest BCUT2D eigenvalue weighted by Crippen LogP contribution is 2.32. The Morgan fingerprint density at radius 2 is 2.13 bits per heavy atom. The Balaban J connectivity index is 1.70. The largest absolute Gasteiger partial charge is 0.323 e. The maximum Gasteiger partial charge on any atom is 0.323 e. The van der Waals surface area contributed by atoms with E-state index in [0.717, 1.165) is 35.7 Å². The van der Waals surface area contributed by atoms with E-state index in [1.54, 1.807) is 31.4 Å². The first-order valence-electron chi connectivity index (χ1n) is 10.2. The zero-order valence-electron chi connectivity index (χ0n) is 17.8. The maximum atomic E-state index is 14.3. The number of nitrogens with one attached hydrogen (secondary N) is 3. The molecule has 8 nitrogen and oxygen atoms in total. The molecule has 0 spiro atoms. The molecule has 1 aromatic heterocycles. The summed E-state index contributed by atoms with van der Waals surface area (Å²) < 4.78 is 14.3. The molecule has 1 aliphatic heterocycles. The number of urea groups is 1. The fourth-order valence-electron chi connectivity index (χ4n) is 3.72. The number of carbonyl (C=O) groups is 2. The number of pyridine rings is 1. The fourth-order valence-corrected chi connectivity index (χ4v) is 3.72. The van der Waals surface area contributed by atoms with Gasteiger partial charge in [0.15, 0.2) is 0 Å². The topological polar surface area (TPSA) is 95.6 Å². The predicted octanol–water partition coefficient (Wildman–Crippen LogP) is 3.11. The molecule has 3 amide bonds. The van der Waals surface area contributed by atoms with E-state index in [4.69, 9.17) is 4.84 Å². The molecule has 166 valence electrons. The Morgan fingerprint density at radius 1 is 1.32 bits per heavy atom. The van der Waals surface area contributed by atoms with Crippen LogP contribution in [0, 0.1) is 18.2 Å². The maximum absolute atomic E-state index is 14.3. The number of hydrogen-bond acceptors (Lipinski definition) is 5. The zero-order valence-corrected chi connectivity index (χ0v) is 17.8. The molecule has 0 aliphatic carbocycles. The Kier molecular flexibility index (Phi) is 7.54. The summed E-state index contributed by atoms with van der Waals surface area (Å²) in [6.07, 6.45) is 4.55. The van der Waals surface area contributed by atoms with E-state index in [1.165, 1.54) is 12.1 Å². The Labute approximate surface area is 181 Å². The molecule has 0 unspecified atom stereocenters. The number of hydroxylamine groups is 2. The van der Waals surface area contributed by atoms with E-state index in [0.29, 0.717) is 37.4 Å². The number of anilines is 2. The molecular formula is C22H28FN5O3. The van der Waals surface area contributed by atoms with E-state index in [9.17, 15) is 14.0 Å². The second-order valence-corrected chi connectivity index (χ2v) is 8.00. The molecule has 0 saturated carbocycles. The van der Waals surface area contributed by atoms with Crippen LogP contribution in [0.3, 0.4) is 0 Å². The van der Waals surface area contributed by atoms with Gasteiger partial charge in [-0.3, -0.25) is 14.6 Å². The summed E-state index contributed by atoms with van der Waals surface area (Å²) in [5.74, 6) is -0.436. The van der Waals surface area contributed by atoms with Gasteiger partial charge < -0.3 is 16.0 Å². The van der Waals surface area contributed by atoms with Crippen LogP contribution < -0.4 is 16.0 Å². The number of carbonyl (C=O) groups excluding carboxylic acids is 2. The second-order valence-electron chi connectivity index (χ2n) is 8.00. The molecule has 1 aliphatic rings. The van der Waals surface area contributed by atoms with Crippen LogP contribution in [0.2, 0.25) is 0 Å². The quantitative estimate of drug-likeness (QED) is 0.443. The van der Waals surface area contributed by atoms with Gasteiger partial charge in [-0.1, -0.05) is 0 Å². The lowest BCUT2D eigenvalue weighted by molar-refractivity contribution is -0.177. The predicted molar refractivity (Wildman–Crippen MR) is 116 cm³/mol. The summed E-state index contributed by atoms with van der Waals surface area (Å²) in [6.45, 7) is 3.79. The van der Waals surface area contributed by atoms with E-state index in [1.807, 2.05) is 6.92 Å². The van der Waals surface area contributed by atoms with Crippen LogP contribution in [0.15, 0.2) is 36.5 Å². The van der Waals surface area contributed by atoms with Crippen molar-refractivity contribution in [2.75, 3.05) is 37.4 Å². The number of benzene rings is 1.